The molecule has 214 valence electrons. The zero-order valence-corrected chi connectivity index (χ0v) is 24.1. The SMILES string of the molecule is CCOC(=O)C1=C(C)N(c2cccc(C(F)(F)F)c2)C(N)C(CC[Si](C)(C)C)(C(=O)[O-])C1c1ccc(C#N)cc1. The van der Waals surface area contributed by atoms with Crippen molar-refractivity contribution in [3.63, 3.8) is 0 Å². The lowest BCUT2D eigenvalue weighted by Gasteiger charge is -2.55. The number of carbonyl (C=O) groups excluding carboxylic acids is 2. The molecule has 11 heteroatoms. The van der Waals surface area contributed by atoms with Crippen LogP contribution in [0.15, 0.2) is 59.8 Å². The van der Waals surface area contributed by atoms with Gasteiger partial charge in [-0.15, -0.1) is 0 Å². The predicted octanol–water partition coefficient (Wildman–Crippen LogP) is 4.77. The molecule has 7 nitrogen and oxygen atoms in total. The number of nitrogens with zero attached hydrogens (tertiary/aromatic N) is 2. The number of allylic oxidation sites excluding steroid dienone is 1. The highest BCUT2D eigenvalue weighted by molar-refractivity contribution is 6.76. The first kappa shape index (κ1) is 30.9. The van der Waals surface area contributed by atoms with Gasteiger partial charge < -0.3 is 25.3 Å². The predicted molar refractivity (Wildman–Crippen MR) is 145 cm³/mol. The van der Waals surface area contributed by atoms with Crippen LogP contribution in [0.2, 0.25) is 25.7 Å². The van der Waals surface area contributed by atoms with E-state index in [1.165, 1.54) is 36.1 Å². The molecule has 1 aliphatic heterocycles. The van der Waals surface area contributed by atoms with Crippen LogP contribution in [0.1, 0.15) is 42.9 Å². The molecule has 0 amide bonds. The maximum Gasteiger partial charge on any atom is 0.416 e. The van der Waals surface area contributed by atoms with E-state index < -0.39 is 49.3 Å². The summed E-state index contributed by atoms with van der Waals surface area (Å²) in [5.41, 5.74) is 4.75. The molecule has 0 saturated carbocycles. The number of anilines is 1. The first-order chi connectivity index (χ1) is 18.6. The summed E-state index contributed by atoms with van der Waals surface area (Å²) >= 11 is 0. The molecule has 1 heterocycles. The van der Waals surface area contributed by atoms with Crippen LogP contribution in [0.25, 0.3) is 0 Å². The number of carboxylic acid groups (broad SMARTS) is 1. The van der Waals surface area contributed by atoms with E-state index in [1.54, 1.807) is 19.1 Å². The van der Waals surface area contributed by atoms with Crippen molar-refractivity contribution in [3.05, 3.63) is 76.5 Å². The van der Waals surface area contributed by atoms with Crippen molar-refractivity contribution < 1.29 is 32.6 Å². The number of hydrogen-bond donors (Lipinski definition) is 1. The Balaban J connectivity index is 2.44. The number of carbonyl (C=O) groups is 2. The Labute approximate surface area is 233 Å². The minimum Gasteiger partial charge on any atom is -0.549 e. The Bertz CT molecular complexity index is 1350. The number of alkyl halides is 3. The number of ether oxygens (including phenoxy) is 1. The maximum absolute atomic E-state index is 13.7. The fourth-order valence-electron chi connectivity index (χ4n) is 5.30. The molecule has 0 radical (unpaired) electrons. The van der Waals surface area contributed by atoms with Crippen molar-refractivity contribution in [2.75, 3.05) is 11.5 Å². The smallest absolute Gasteiger partial charge is 0.416 e. The van der Waals surface area contributed by atoms with Crippen LogP contribution in [0.4, 0.5) is 18.9 Å². The van der Waals surface area contributed by atoms with Gasteiger partial charge in [-0.25, -0.2) is 4.79 Å². The van der Waals surface area contributed by atoms with E-state index in [1.807, 2.05) is 6.07 Å². The van der Waals surface area contributed by atoms with Crippen LogP contribution < -0.4 is 15.7 Å². The highest BCUT2D eigenvalue weighted by atomic mass is 28.3. The molecule has 0 fully saturated rings. The number of hydrogen-bond acceptors (Lipinski definition) is 7. The minimum atomic E-state index is -4.66. The average molecular weight is 573 g/mol. The van der Waals surface area contributed by atoms with E-state index >= 15 is 0 Å². The standard InChI is InChI=1S/C29H34F3N3O4Si/c1-6-39-25(36)23-18(2)35(22-9-7-8-21(16-22)29(30,31)32)26(34)28(27(37)38,14-15-40(3,4)5)24(23)20-12-10-19(17-33)11-13-20/h7-13,16,24,26H,6,14-15,34H2,1-5H3,(H,37,38)/p-1. The molecule has 3 unspecified atom stereocenters. The Kier molecular flexibility index (Phi) is 8.86. The van der Waals surface area contributed by atoms with E-state index in [0.29, 0.717) is 17.2 Å². The summed E-state index contributed by atoms with van der Waals surface area (Å²) in [5.74, 6) is -3.49. The van der Waals surface area contributed by atoms with Gasteiger partial charge in [-0.05, 0) is 56.2 Å². The Hall–Kier alpha value is -3.62. The lowest BCUT2D eigenvalue weighted by Crippen LogP contribution is -2.66. The molecule has 2 aromatic carbocycles. The third-order valence-electron chi connectivity index (χ3n) is 7.35. The Morgan fingerprint density at radius 1 is 1.18 bits per heavy atom. The summed E-state index contributed by atoms with van der Waals surface area (Å²) < 4.78 is 46.3. The van der Waals surface area contributed by atoms with E-state index in [2.05, 4.69) is 19.6 Å². The molecule has 0 aromatic heterocycles. The van der Waals surface area contributed by atoms with E-state index in [9.17, 15) is 33.1 Å². The van der Waals surface area contributed by atoms with Gasteiger partial charge in [0.05, 0.1) is 46.9 Å². The molecular weight excluding hydrogens is 539 g/mol. The van der Waals surface area contributed by atoms with Crippen LogP contribution in [-0.2, 0) is 20.5 Å². The van der Waals surface area contributed by atoms with Gasteiger partial charge >= 0.3 is 12.1 Å². The lowest BCUT2D eigenvalue weighted by atomic mass is 9.62. The summed E-state index contributed by atoms with van der Waals surface area (Å²) in [7, 11) is -1.91. The normalized spacial score (nSPS) is 21.6. The molecule has 3 atom stereocenters. The fraction of sp³-hybridized carbons (Fsp3) is 0.414. The molecule has 40 heavy (non-hydrogen) atoms. The molecule has 2 aromatic rings. The zero-order chi connectivity index (χ0) is 30.0. The van der Waals surface area contributed by atoms with E-state index in [4.69, 9.17) is 10.5 Å². The minimum absolute atomic E-state index is 0.00252. The maximum atomic E-state index is 13.7. The second-order valence-corrected chi connectivity index (χ2v) is 16.8. The second-order valence-electron chi connectivity index (χ2n) is 11.1. The zero-order valence-electron chi connectivity index (χ0n) is 23.1. The topological polar surface area (TPSA) is 119 Å². The van der Waals surface area contributed by atoms with Gasteiger partial charge in [-0.2, -0.15) is 18.4 Å². The lowest BCUT2D eigenvalue weighted by molar-refractivity contribution is -0.321. The van der Waals surface area contributed by atoms with Crippen molar-refractivity contribution in [2.45, 2.75) is 64.2 Å². The van der Waals surface area contributed by atoms with Crippen LogP contribution in [0.3, 0.4) is 0 Å². The van der Waals surface area contributed by atoms with Crippen molar-refractivity contribution in [1.82, 2.24) is 0 Å². The van der Waals surface area contributed by atoms with Crippen molar-refractivity contribution >= 4 is 25.7 Å². The number of benzene rings is 2. The van der Waals surface area contributed by atoms with E-state index in [0.717, 1.165) is 12.1 Å². The number of nitriles is 1. The van der Waals surface area contributed by atoms with Crippen molar-refractivity contribution in [3.8, 4) is 6.07 Å². The molecular formula is C29H33F3N3O4Si-. The van der Waals surface area contributed by atoms with Crippen LogP contribution >= 0.6 is 0 Å². The molecule has 0 bridgehead atoms. The monoisotopic (exact) mass is 572 g/mol. The van der Waals surface area contributed by atoms with Crippen LogP contribution in [0, 0.1) is 16.7 Å². The van der Waals surface area contributed by atoms with Crippen LogP contribution in [0.5, 0.6) is 0 Å². The molecule has 3 rings (SSSR count). The van der Waals surface area contributed by atoms with Crippen molar-refractivity contribution in [2.24, 2.45) is 11.1 Å². The third-order valence-corrected chi connectivity index (χ3v) is 9.10. The summed E-state index contributed by atoms with van der Waals surface area (Å²) in [6.07, 6.45) is -6.06. The van der Waals surface area contributed by atoms with Gasteiger partial charge in [0.2, 0.25) is 0 Å². The summed E-state index contributed by atoms with van der Waals surface area (Å²) in [5, 5.41) is 22.6. The van der Waals surface area contributed by atoms with Gasteiger partial charge in [0.1, 0.15) is 0 Å². The first-order valence-corrected chi connectivity index (χ1v) is 16.6. The summed E-state index contributed by atoms with van der Waals surface area (Å²) in [4.78, 5) is 28.2. The molecule has 1 aliphatic rings. The largest absolute Gasteiger partial charge is 0.549 e. The summed E-state index contributed by atoms with van der Waals surface area (Å²) in [6.45, 7) is 9.26. The van der Waals surface area contributed by atoms with Gasteiger partial charge in [-0.1, -0.05) is 43.9 Å². The van der Waals surface area contributed by atoms with Crippen LogP contribution in [-0.4, -0.2) is 32.8 Å². The second kappa shape index (κ2) is 11.5. The fourth-order valence-corrected chi connectivity index (χ4v) is 6.46. The summed E-state index contributed by atoms with van der Waals surface area (Å²) in [6, 6.07) is 13.0. The number of esters is 1. The molecule has 0 saturated heterocycles. The Morgan fingerprint density at radius 2 is 1.80 bits per heavy atom. The number of nitrogens with two attached hydrogens (primary N) is 1. The molecule has 0 spiro atoms. The average Bonchev–Trinajstić information content (AvgIpc) is 2.87. The molecule has 2 N–H and O–H groups in total. The molecule has 0 aliphatic carbocycles. The highest BCUT2D eigenvalue weighted by Gasteiger charge is 2.56. The number of carboxylic acids is 1. The number of rotatable bonds is 8. The third kappa shape index (κ3) is 5.93. The van der Waals surface area contributed by atoms with Gasteiger partial charge in [0, 0.05) is 25.4 Å². The Morgan fingerprint density at radius 3 is 2.30 bits per heavy atom. The van der Waals surface area contributed by atoms with Gasteiger partial charge in [0.15, 0.2) is 0 Å². The first-order valence-electron chi connectivity index (χ1n) is 12.9. The number of halogens is 3. The van der Waals surface area contributed by atoms with Gasteiger partial charge in [-0.3, -0.25) is 0 Å². The van der Waals surface area contributed by atoms with E-state index in [-0.39, 0.29) is 30.0 Å². The highest BCUT2D eigenvalue weighted by Crippen LogP contribution is 2.54. The quantitative estimate of drug-likeness (QED) is 0.358. The number of aliphatic carboxylic acids is 1. The van der Waals surface area contributed by atoms with Crippen molar-refractivity contribution in [1.29, 1.82) is 5.26 Å². The van der Waals surface area contributed by atoms with Gasteiger partial charge in [0.25, 0.3) is 0 Å².